The number of alkyl halides is 1. The van der Waals surface area contributed by atoms with Gasteiger partial charge < -0.3 is 10.6 Å². The smallest absolute Gasteiger partial charge is 0.245 e. The Kier molecular flexibility index (Phi) is 3.57. The fraction of sp³-hybridized carbons (Fsp3) is 0.600. The van der Waals surface area contributed by atoms with E-state index in [1.807, 2.05) is 0 Å². The van der Waals surface area contributed by atoms with E-state index in [0.29, 0.717) is 0 Å². The molecule has 1 aliphatic rings. The molecule has 84 valence electrons. The molecule has 1 fully saturated rings. The summed E-state index contributed by atoms with van der Waals surface area (Å²) in [4.78, 5) is 23.9. The van der Waals surface area contributed by atoms with Gasteiger partial charge in [-0.25, -0.2) is 4.39 Å². The number of ketones is 1. The van der Waals surface area contributed by atoms with Gasteiger partial charge >= 0.3 is 0 Å². The number of likely N-dealkylation sites (tertiary alicyclic amines) is 1. The Morgan fingerprint density at radius 2 is 2.00 bits per heavy atom. The lowest BCUT2D eigenvalue weighted by atomic mass is 9.89. The van der Waals surface area contributed by atoms with Crippen molar-refractivity contribution in [2.24, 2.45) is 5.73 Å². The van der Waals surface area contributed by atoms with E-state index in [0.717, 1.165) is 0 Å². The molecule has 0 unspecified atom stereocenters. The van der Waals surface area contributed by atoms with Crippen molar-refractivity contribution >= 4 is 11.7 Å². The SMILES string of the molecule is C=CC(=O)N1CCC(F)(C(=O)CN)CC1. The summed E-state index contributed by atoms with van der Waals surface area (Å²) < 4.78 is 13.9. The molecule has 0 aromatic carbocycles. The third-order valence-corrected chi connectivity index (χ3v) is 2.73. The molecular weight excluding hydrogens is 199 g/mol. The van der Waals surface area contributed by atoms with Gasteiger partial charge in [0.2, 0.25) is 5.91 Å². The van der Waals surface area contributed by atoms with Crippen molar-refractivity contribution in [3.8, 4) is 0 Å². The molecule has 0 radical (unpaired) electrons. The minimum Gasteiger partial charge on any atom is -0.339 e. The molecule has 2 N–H and O–H groups in total. The van der Waals surface area contributed by atoms with Gasteiger partial charge in [-0.15, -0.1) is 0 Å². The predicted octanol–water partition coefficient (Wildman–Crippen LogP) is 0.0309. The van der Waals surface area contributed by atoms with Gasteiger partial charge in [0.05, 0.1) is 6.54 Å². The number of Topliss-reactive ketones (excluding diaryl/α,β-unsaturated/α-hetero) is 1. The Hall–Kier alpha value is -1.23. The molecule has 0 spiro atoms. The fourth-order valence-electron chi connectivity index (χ4n) is 1.67. The molecule has 0 atom stereocenters. The second-order valence-electron chi connectivity index (χ2n) is 3.62. The van der Waals surface area contributed by atoms with Crippen LogP contribution in [0.1, 0.15) is 12.8 Å². The van der Waals surface area contributed by atoms with Gasteiger partial charge in [-0.1, -0.05) is 6.58 Å². The molecule has 1 rings (SSSR count). The van der Waals surface area contributed by atoms with Crippen molar-refractivity contribution < 1.29 is 14.0 Å². The molecule has 0 aromatic rings. The zero-order valence-corrected chi connectivity index (χ0v) is 8.54. The van der Waals surface area contributed by atoms with Crippen molar-refractivity contribution in [2.45, 2.75) is 18.5 Å². The topological polar surface area (TPSA) is 63.4 Å². The van der Waals surface area contributed by atoms with E-state index >= 15 is 0 Å². The number of carbonyl (C=O) groups excluding carboxylic acids is 2. The van der Waals surface area contributed by atoms with Crippen LogP contribution in [0.2, 0.25) is 0 Å². The summed E-state index contributed by atoms with van der Waals surface area (Å²) in [6.07, 6.45) is 1.25. The average Bonchev–Trinajstić information content (AvgIpc) is 2.28. The maximum atomic E-state index is 13.9. The van der Waals surface area contributed by atoms with Gasteiger partial charge in [-0.3, -0.25) is 9.59 Å². The van der Waals surface area contributed by atoms with E-state index in [-0.39, 0.29) is 38.4 Å². The summed E-state index contributed by atoms with van der Waals surface area (Å²) in [5, 5.41) is 0. The highest BCUT2D eigenvalue weighted by Crippen LogP contribution is 2.27. The Bertz CT molecular complexity index is 283. The van der Waals surface area contributed by atoms with Gasteiger partial charge in [0.15, 0.2) is 11.5 Å². The minimum atomic E-state index is -1.84. The number of rotatable bonds is 3. The van der Waals surface area contributed by atoms with Crippen molar-refractivity contribution in [3.63, 3.8) is 0 Å². The van der Waals surface area contributed by atoms with E-state index in [1.54, 1.807) is 0 Å². The van der Waals surface area contributed by atoms with Crippen LogP contribution >= 0.6 is 0 Å². The second-order valence-corrected chi connectivity index (χ2v) is 3.62. The quantitative estimate of drug-likeness (QED) is 0.674. The zero-order valence-electron chi connectivity index (χ0n) is 8.54. The third kappa shape index (κ3) is 2.41. The van der Waals surface area contributed by atoms with Gasteiger partial charge in [0.1, 0.15) is 0 Å². The maximum absolute atomic E-state index is 13.9. The summed E-state index contributed by atoms with van der Waals surface area (Å²) in [7, 11) is 0. The van der Waals surface area contributed by atoms with Crippen LogP contribution < -0.4 is 5.73 Å². The molecule has 15 heavy (non-hydrogen) atoms. The van der Waals surface area contributed by atoms with Crippen LogP contribution in [0.25, 0.3) is 0 Å². The van der Waals surface area contributed by atoms with E-state index in [1.165, 1.54) is 11.0 Å². The van der Waals surface area contributed by atoms with Crippen molar-refractivity contribution in [2.75, 3.05) is 19.6 Å². The van der Waals surface area contributed by atoms with Crippen LogP contribution in [-0.2, 0) is 9.59 Å². The Balaban J connectivity index is 2.58. The highest BCUT2D eigenvalue weighted by atomic mass is 19.1. The van der Waals surface area contributed by atoms with E-state index in [2.05, 4.69) is 6.58 Å². The van der Waals surface area contributed by atoms with Gasteiger partial charge in [-0.2, -0.15) is 0 Å². The number of hydrogen-bond donors (Lipinski definition) is 1. The first kappa shape index (κ1) is 11.8. The minimum absolute atomic E-state index is 0.0304. The van der Waals surface area contributed by atoms with Crippen LogP contribution in [0.5, 0.6) is 0 Å². The Morgan fingerprint density at radius 3 is 2.40 bits per heavy atom. The average molecular weight is 214 g/mol. The first-order valence-corrected chi connectivity index (χ1v) is 4.87. The number of amides is 1. The van der Waals surface area contributed by atoms with Crippen LogP contribution in [0, 0.1) is 0 Å². The van der Waals surface area contributed by atoms with E-state index in [9.17, 15) is 14.0 Å². The molecule has 0 saturated carbocycles. The van der Waals surface area contributed by atoms with E-state index < -0.39 is 11.5 Å². The summed E-state index contributed by atoms with van der Waals surface area (Å²) in [5.74, 6) is -0.801. The van der Waals surface area contributed by atoms with Crippen LogP contribution in [0.15, 0.2) is 12.7 Å². The number of piperidine rings is 1. The number of halogens is 1. The summed E-state index contributed by atoms with van der Waals surface area (Å²) >= 11 is 0. The predicted molar refractivity (Wildman–Crippen MR) is 53.9 cm³/mol. The molecule has 1 aliphatic heterocycles. The van der Waals surface area contributed by atoms with Crippen molar-refractivity contribution in [3.05, 3.63) is 12.7 Å². The molecule has 0 aliphatic carbocycles. The van der Waals surface area contributed by atoms with Crippen LogP contribution in [-0.4, -0.2) is 41.9 Å². The maximum Gasteiger partial charge on any atom is 0.245 e. The summed E-state index contributed by atoms with van der Waals surface area (Å²) in [6.45, 7) is 3.55. The van der Waals surface area contributed by atoms with Crippen molar-refractivity contribution in [1.29, 1.82) is 0 Å². The highest BCUT2D eigenvalue weighted by molar-refractivity contribution is 5.90. The lowest BCUT2D eigenvalue weighted by Gasteiger charge is -2.34. The van der Waals surface area contributed by atoms with Crippen LogP contribution in [0.4, 0.5) is 4.39 Å². The molecule has 1 saturated heterocycles. The number of carbonyl (C=O) groups is 2. The van der Waals surface area contributed by atoms with Crippen molar-refractivity contribution in [1.82, 2.24) is 4.90 Å². The molecule has 0 aromatic heterocycles. The standard InChI is InChI=1S/C10H15FN2O2/c1-2-9(15)13-5-3-10(11,4-6-13)8(14)7-12/h2H,1,3-7,12H2. The Labute approximate surface area is 87.9 Å². The largest absolute Gasteiger partial charge is 0.339 e. The first-order chi connectivity index (χ1) is 7.03. The lowest BCUT2D eigenvalue weighted by Crippen LogP contribution is -2.49. The molecule has 4 nitrogen and oxygen atoms in total. The molecule has 0 bridgehead atoms. The summed E-state index contributed by atoms with van der Waals surface area (Å²) in [5.41, 5.74) is 3.28. The van der Waals surface area contributed by atoms with E-state index in [4.69, 9.17) is 5.73 Å². The number of hydrogen-bond acceptors (Lipinski definition) is 3. The van der Waals surface area contributed by atoms with Gasteiger partial charge in [0, 0.05) is 25.9 Å². The summed E-state index contributed by atoms with van der Waals surface area (Å²) in [6, 6.07) is 0. The van der Waals surface area contributed by atoms with Gasteiger partial charge in [-0.05, 0) is 6.08 Å². The molecule has 1 heterocycles. The van der Waals surface area contributed by atoms with Crippen LogP contribution in [0.3, 0.4) is 0 Å². The Morgan fingerprint density at radius 1 is 1.47 bits per heavy atom. The molecule has 1 amide bonds. The first-order valence-electron chi connectivity index (χ1n) is 4.87. The lowest BCUT2D eigenvalue weighted by molar-refractivity contribution is -0.137. The molecular formula is C10H15FN2O2. The number of nitrogens with zero attached hydrogens (tertiary/aromatic N) is 1. The highest BCUT2D eigenvalue weighted by Gasteiger charge is 2.41. The second kappa shape index (κ2) is 4.53. The third-order valence-electron chi connectivity index (χ3n) is 2.73. The normalized spacial score (nSPS) is 19.7. The van der Waals surface area contributed by atoms with Gasteiger partial charge in [0.25, 0.3) is 0 Å². The monoisotopic (exact) mass is 214 g/mol. The fourth-order valence-corrected chi connectivity index (χ4v) is 1.67. The zero-order chi connectivity index (χ0) is 11.5. The molecule has 5 heteroatoms. The number of nitrogens with two attached hydrogens (primary N) is 1.